The summed E-state index contributed by atoms with van der Waals surface area (Å²) in [6, 6.07) is -3.65. The number of carbonyl (C=O) groups excluding carboxylic acids is 8. The molecule has 0 saturated heterocycles. The van der Waals surface area contributed by atoms with Crippen molar-refractivity contribution in [3.8, 4) is 0 Å². The summed E-state index contributed by atoms with van der Waals surface area (Å²) in [5, 5.41) is 22.9. The number of nitrogens with one attached hydrogen (secondary N) is 8. The molecular formula is C63H118N8O12. The molecule has 0 rings (SSSR count). The summed E-state index contributed by atoms with van der Waals surface area (Å²) in [6.07, 6.45) is 24.2. The summed E-state index contributed by atoms with van der Waals surface area (Å²) < 4.78 is 21.5. The molecule has 0 radical (unpaired) electrons. The van der Waals surface area contributed by atoms with Crippen molar-refractivity contribution in [1.29, 1.82) is 0 Å². The van der Waals surface area contributed by atoms with Gasteiger partial charge < -0.3 is 61.5 Å². The van der Waals surface area contributed by atoms with Gasteiger partial charge in [0.2, 0.25) is 17.7 Å². The van der Waals surface area contributed by atoms with Crippen LogP contribution in [0.25, 0.3) is 0 Å². The van der Waals surface area contributed by atoms with Crippen LogP contribution in [-0.4, -0.2) is 127 Å². The summed E-state index contributed by atoms with van der Waals surface area (Å²) >= 11 is 0. The number of amides is 7. The molecule has 8 N–H and O–H groups in total. The van der Waals surface area contributed by atoms with E-state index in [9.17, 15) is 38.4 Å². The molecule has 0 saturated carbocycles. The Labute approximate surface area is 501 Å². The fraction of sp³-hybridized carbons (Fsp3) is 0.841. The maximum atomic E-state index is 14.4. The van der Waals surface area contributed by atoms with Gasteiger partial charge in [-0.3, -0.25) is 19.2 Å². The number of hydrogen-bond acceptors (Lipinski definition) is 13. The van der Waals surface area contributed by atoms with Gasteiger partial charge in [0.15, 0.2) is 0 Å². The van der Waals surface area contributed by atoms with Crippen LogP contribution >= 0.6 is 0 Å². The van der Waals surface area contributed by atoms with Gasteiger partial charge in [0, 0.05) is 26.2 Å². The molecule has 4 unspecified atom stereocenters. The molecule has 0 spiro atoms. The van der Waals surface area contributed by atoms with Gasteiger partial charge in [-0.05, 0) is 206 Å². The normalized spacial score (nSPS) is 13.4. The fourth-order valence-corrected chi connectivity index (χ4v) is 8.64. The fourth-order valence-electron chi connectivity index (χ4n) is 8.64. The summed E-state index contributed by atoms with van der Waals surface area (Å²) in [7, 11) is 0. The monoisotopic (exact) mass is 1180 g/mol. The molecule has 0 heterocycles. The van der Waals surface area contributed by atoms with Gasteiger partial charge in [0.05, 0.1) is 6.04 Å². The van der Waals surface area contributed by atoms with Gasteiger partial charge >= 0.3 is 24.4 Å². The Morgan fingerprint density at radius 3 is 1.01 bits per heavy atom. The SMILES string of the molecule is CCCCCCCC/C=C\CCCCCCCCNC(CCCCNC(=O)C(CCCCNC(=O)OC(C)(C)C)NC(=O)C(CCCCNC(=O)OC(C)(C)C)NC(=O)C(CCCCNC(=O)OC(C)(C)C)NC(=O)OC(C)(C)C)C(C)=O. The van der Waals surface area contributed by atoms with Gasteiger partial charge in [0.25, 0.3) is 0 Å². The molecule has 0 aliphatic heterocycles. The zero-order valence-corrected chi connectivity index (χ0v) is 54.3. The van der Waals surface area contributed by atoms with Crippen LogP contribution in [0, 0.1) is 0 Å². The van der Waals surface area contributed by atoms with Crippen molar-refractivity contribution in [2.24, 2.45) is 0 Å². The van der Waals surface area contributed by atoms with Crippen LogP contribution in [0.4, 0.5) is 19.2 Å². The number of unbranched alkanes of at least 4 members (excludes halogenated alkanes) is 16. The van der Waals surface area contributed by atoms with Crippen molar-refractivity contribution in [2.45, 2.75) is 310 Å². The minimum Gasteiger partial charge on any atom is -0.444 e. The Balaban J connectivity index is 5.95. The summed E-state index contributed by atoms with van der Waals surface area (Å²) in [6.45, 7) is 26.5. The lowest BCUT2D eigenvalue weighted by Gasteiger charge is -2.27. The van der Waals surface area contributed by atoms with Gasteiger partial charge in [0.1, 0.15) is 46.3 Å². The van der Waals surface area contributed by atoms with Gasteiger partial charge in [-0.15, -0.1) is 0 Å². The molecular weight excluding hydrogens is 1060 g/mol. The lowest BCUT2D eigenvalue weighted by Crippen LogP contribution is -2.57. The molecule has 0 aromatic heterocycles. The number of alkyl carbamates (subject to hydrolysis) is 4. The van der Waals surface area contributed by atoms with Crippen LogP contribution < -0.4 is 42.5 Å². The first-order chi connectivity index (χ1) is 38.9. The van der Waals surface area contributed by atoms with E-state index in [0.29, 0.717) is 64.3 Å². The Bertz CT molecular complexity index is 1870. The number of ether oxygens (including phenoxy) is 4. The van der Waals surface area contributed by atoms with Crippen molar-refractivity contribution >= 4 is 47.9 Å². The standard InChI is InChI=1S/C63H118N8O12/c1-15-16-17-18-19-20-21-22-23-24-25-26-27-28-29-34-43-64-49(48(2)72)39-30-35-44-65-53(73)50(40-31-36-45-66-56(76)80-60(3,4)5)69-54(74)51(41-32-37-46-67-57(77)81-61(6,7)8)70-55(75)52(71-59(79)83-63(12,13)14)42-33-38-47-68-58(78)82-62(9,10)11/h22-23,49-52,64H,15-21,24-47H2,1-14H3,(H,65,73)(H,66,76)(H,67,77)(H,68,78)(H,69,74)(H,70,75)(H,71,79)/b23-22-. The highest BCUT2D eigenvalue weighted by Crippen LogP contribution is 2.15. The third kappa shape index (κ3) is 48.9. The van der Waals surface area contributed by atoms with E-state index in [1.807, 2.05) is 0 Å². The molecule has 0 aliphatic rings. The van der Waals surface area contributed by atoms with Crippen molar-refractivity contribution in [2.75, 3.05) is 32.7 Å². The largest absolute Gasteiger partial charge is 0.444 e. The highest BCUT2D eigenvalue weighted by atomic mass is 16.6. The van der Waals surface area contributed by atoms with Crippen LogP contribution in [0.3, 0.4) is 0 Å². The number of ketones is 1. The van der Waals surface area contributed by atoms with E-state index in [0.717, 1.165) is 25.8 Å². The summed E-state index contributed by atoms with van der Waals surface area (Å²) in [5.41, 5.74) is -2.95. The predicted molar refractivity (Wildman–Crippen MR) is 330 cm³/mol. The minimum absolute atomic E-state index is 0.0722. The molecule has 0 aliphatic carbocycles. The van der Waals surface area contributed by atoms with Crippen molar-refractivity contribution in [1.82, 2.24) is 42.5 Å². The smallest absolute Gasteiger partial charge is 0.408 e. The van der Waals surface area contributed by atoms with Crippen molar-refractivity contribution in [3.05, 3.63) is 12.2 Å². The van der Waals surface area contributed by atoms with E-state index in [1.54, 1.807) is 90.0 Å². The number of Topliss-reactive ketones (excluding diaryl/α,β-unsaturated/α-hetero) is 1. The molecule has 20 heteroatoms. The molecule has 0 bridgehead atoms. The average molecular weight is 1180 g/mol. The van der Waals surface area contributed by atoms with E-state index in [4.69, 9.17) is 18.9 Å². The van der Waals surface area contributed by atoms with E-state index in [2.05, 4.69) is 61.6 Å². The maximum Gasteiger partial charge on any atom is 0.408 e. The predicted octanol–water partition coefficient (Wildman–Crippen LogP) is 11.8. The third-order valence-corrected chi connectivity index (χ3v) is 12.8. The Kier molecular flexibility index (Phi) is 41.6. The zero-order valence-electron chi connectivity index (χ0n) is 54.3. The third-order valence-electron chi connectivity index (χ3n) is 12.8. The Morgan fingerprint density at radius 1 is 0.337 bits per heavy atom. The zero-order chi connectivity index (χ0) is 62.7. The molecule has 482 valence electrons. The lowest BCUT2D eigenvalue weighted by atomic mass is 10.0. The number of carbonyl (C=O) groups is 8. The lowest BCUT2D eigenvalue weighted by molar-refractivity contribution is -0.133. The molecule has 20 nitrogen and oxygen atoms in total. The first-order valence-electron chi connectivity index (χ1n) is 31.6. The van der Waals surface area contributed by atoms with E-state index < -0.39 is 82.6 Å². The quantitative estimate of drug-likeness (QED) is 0.0160. The molecule has 7 amide bonds. The van der Waals surface area contributed by atoms with Crippen LogP contribution in [0.2, 0.25) is 0 Å². The first kappa shape index (κ1) is 77.9. The number of hydrogen-bond donors (Lipinski definition) is 8. The number of allylic oxidation sites excluding steroid dienone is 2. The molecule has 83 heavy (non-hydrogen) atoms. The van der Waals surface area contributed by atoms with Crippen molar-refractivity contribution in [3.63, 3.8) is 0 Å². The second-order valence-electron chi connectivity index (χ2n) is 25.9. The van der Waals surface area contributed by atoms with Crippen LogP contribution in [0.5, 0.6) is 0 Å². The molecule has 0 fully saturated rings. The van der Waals surface area contributed by atoms with Crippen LogP contribution in [-0.2, 0) is 38.1 Å². The van der Waals surface area contributed by atoms with Gasteiger partial charge in [-0.25, -0.2) is 19.2 Å². The maximum absolute atomic E-state index is 14.4. The Hall–Kier alpha value is -5.14. The van der Waals surface area contributed by atoms with E-state index >= 15 is 0 Å². The highest BCUT2D eigenvalue weighted by molar-refractivity contribution is 5.94. The minimum atomic E-state index is -1.18. The second kappa shape index (κ2) is 44.4. The first-order valence-corrected chi connectivity index (χ1v) is 31.6. The molecule has 0 aromatic rings. The van der Waals surface area contributed by atoms with E-state index in [-0.39, 0.29) is 50.7 Å². The second-order valence-corrected chi connectivity index (χ2v) is 25.9. The van der Waals surface area contributed by atoms with Crippen LogP contribution in [0.1, 0.15) is 264 Å². The van der Waals surface area contributed by atoms with Crippen molar-refractivity contribution < 1.29 is 57.3 Å². The van der Waals surface area contributed by atoms with Gasteiger partial charge in [-0.2, -0.15) is 0 Å². The average Bonchev–Trinajstić information content (AvgIpc) is 3.39. The van der Waals surface area contributed by atoms with Gasteiger partial charge in [-0.1, -0.05) is 76.9 Å². The summed E-state index contributed by atoms with van der Waals surface area (Å²) in [5.74, 6) is -1.67. The summed E-state index contributed by atoms with van der Waals surface area (Å²) in [4.78, 5) is 105. The van der Waals surface area contributed by atoms with E-state index in [1.165, 1.54) is 70.6 Å². The number of rotatable bonds is 44. The molecule has 4 atom stereocenters. The highest BCUT2D eigenvalue weighted by Gasteiger charge is 2.31. The van der Waals surface area contributed by atoms with Crippen LogP contribution in [0.15, 0.2) is 12.2 Å². The molecule has 0 aromatic carbocycles. The topological polar surface area (TPSA) is 270 Å². The Morgan fingerprint density at radius 2 is 0.639 bits per heavy atom.